The molecule has 0 aliphatic carbocycles. The lowest BCUT2D eigenvalue weighted by molar-refractivity contribution is -0.137. The van der Waals surface area contributed by atoms with Crippen LogP contribution in [0.1, 0.15) is 29.8 Å². The van der Waals surface area contributed by atoms with Gasteiger partial charge in [0.2, 0.25) is 10.0 Å². The minimum Gasteiger partial charge on any atom is -0.492 e. The van der Waals surface area contributed by atoms with Gasteiger partial charge in [-0.2, -0.15) is 17.5 Å². The second kappa shape index (κ2) is 9.94. The summed E-state index contributed by atoms with van der Waals surface area (Å²) < 4.78 is 69.4. The molecule has 0 aliphatic rings. The Labute approximate surface area is 173 Å². The number of rotatable bonds is 9. The first-order valence-electron chi connectivity index (χ1n) is 9.28. The molecule has 164 valence electrons. The number of carbonyl (C=O) groups is 1. The number of nitrogens with one attached hydrogen (secondary N) is 1. The van der Waals surface area contributed by atoms with Crippen molar-refractivity contribution in [1.29, 1.82) is 0 Å². The number of sulfonamides is 1. The van der Waals surface area contributed by atoms with E-state index in [2.05, 4.69) is 5.32 Å². The lowest BCUT2D eigenvalue weighted by Gasteiger charge is -2.18. The van der Waals surface area contributed by atoms with Crippen molar-refractivity contribution in [3.05, 3.63) is 59.7 Å². The second-order valence-corrected chi connectivity index (χ2v) is 8.18. The minimum absolute atomic E-state index is 0.0276. The van der Waals surface area contributed by atoms with Gasteiger partial charge in [0.15, 0.2) is 0 Å². The Morgan fingerprint density at radius 2 is 1.70 bits per heavy atom. The predicted molar refractivity (Wildman–Crippen MR) is 106 cm³/mol. The van der Waals surface area contributed by atoms with E-state index in [1.54, 1.807) is 13.8 Å². The van der Waals surface area contributed by atoms with Gasteiger partial charge < -0.3 is 10.1 Å². The summed E-state index contributed by atoms with van der Waals surface area (Å²) in [5, 5.41) is 2.59. The highest BCUT2D eigenvalue weighted by Gasteiger charge is 2.30. The third kappa shape index (κ3) is 5.96. The molecule has 0 heterocycles. The Kier molecular flexibility index (Phi) is 7.85. The lowest BCUT2D eigenvalue weighted by atomic mass is 10.2. The molecule has 0 aromatic heterocycles. The van der Waals surface area contributed by atoms with Gasteiger partial charge in [0.05, 0.1) is 17.0 Å². The number of halogens is 3. The summed E-state index contributed by atoms with van der Waals surface area (Å²) in [6.07, 6.45) is -4.42. The number of hydrogen-bond acceptors (Lipinski definition) is 4. The molecule has 1 amide bonds. The molecule has 0 spiro atoms. The Bertz CT molecular complexity index is 957. The topological polar surface area (TPSA) is 75.7 Å². The summed E-state index contributed by atoms with van der Waals surface area (Å²) in [4.78, 5) is 12.3. The van der Waals surface area contributed by atoms with Gasteiger partial charge in [-0.1, -0.05) is 19.9 Å². The maximum atomic E-state index is 12.6. The van der Waals surface area contributed by atoms with Gasteiger partial charge in [0, 0.05) is 18.7 Å². The van der Waals surface area contributed by atoms with Crippen molar-refractivity contribution < 1.29 is 31.1 Å². The average Bonchev–Trinajstić information content (AvgIpc) is 2.71. The van der Waals surface area contributed by atoms with Crippen LogP contribution < -0.4 is 10.1 Å². The monoisotopic (exact) mass is 444 g/mol. The zero-order valence-electron chi connectivity index (χ0n) is 16.6. The second-order valence-electron chi connectivity index (χ2n) is 6.24. The van der Waals surface area contributed by atoms with Crippen LogP contribution in [-0.2, 0) is 16.2 Å². The Morgan fingerprint density at radius 3 is 2.27 bits per heavy atom. The Morgan fingerprint density at radius 1 is 1.07 bits per heavy atom. The zero-order chi connectivity index (χ0) is 22.4. The number of carbonyl (C=O) groups excluding carboxylic acids is 1. The van der Waals surface area contributed by atoms with Crippen molar-refractivity contribution in [2.75, 3.05) is 26.2 Å². The molecule has 0 saturated heterocycles. The molecule has 2 rings (SSSR count). The van der Waals surface area contributed by atoms with Crippen molar-refractivity contribution >= 4 is 15.9 Å². The third-order valence-electron chi connectivity index (χ3n) is 4.28. The predicted octanol–water partition coefficient (Wildman–Crippen LogP) is 3.54. The number of ether oxygens (including phenoxy) is 1. The van der Waals surface area contributed by atoms with E-state index in [0.717, 1.165) is 12.1 Å². The van der Waals surface area contributed by atoms with Crippen molar-refractivity contribution in [1.82, 2.24) is 9.62 Å². The van der Waals surface area contributed by atoms with Gasteiger partial charge in [0.1, 0.15) is 12.4 Å². The maximum Gasteiger partial charge on any atom is 0.416 e. The lowest BCUT2D eigenvalue weighted by Crippen LogP contribution is -2.31. The van der Waals surface area contributed by atoms with Crippen LogP contribution in [0.3, 0.4) is 0 Å². The standard InChI is InChI=1S/C20H23F3N2O4S/c1-3-25(4-2)30(27,28)18-7-5-6-15(14-18)19(26)24-12-13-29-17-10-8-16(9-11-17)20(21,22)23/h5-11,14H,3-4,12-13H2,1-2H3,(H,24,26). The Balaban J connectivity index is 1.93. The van der Waals surface area contributed by atoms with Gasteiger partial charge >= 0.3 is 6.18 Å². The van der Waals surface area contributed by atoms with Crippen LogP contribution in [0.25, 0.3) is 0 Å². The molecule has 0 aliphatic heterocycles. The largest absolute Gasteiger partial charge is 0.492 e. The van der Waals surface area contributed by atoms with E-state index >= 15 is 0 Å². The van der Waals surface area contributed by atoms with E-state index in [1.807, 2.05) is 0 Å². The first kappa shape index (κ1) is 23.7. The molecule has 10 heteroatoms. The fourth-order valence-electron chi connectivity index (χ4n) is 2.69. The van der Waals surface area contributed by atoms with E-state index < -0.39 is 27.7 Å². The van der Waals surface area contributed by atoms with Crippen LogP contribution in [-0.4, -0.2) is 44.9 Å². The Hall–Kier alpha value is -2.59. The van der Waals surface area contributed by atoms with Crippen LogP contribution in [0.5, 0.6) is 5.75 Å². The maximum absolute atomic E-state index is 12.6. The van der Waals surface area contributed by atoms with Gasteiger partial charge in [0.25, 0.3) is 5.91 Å². The highest BCUT2D eigenvalue weighted by Crippen LogP contribution is 2.30. The number of alkyl halides is 3. The van der Waals surface area contributed by atoms with Crippen molar-refractivity contribution in [3.8, 4) is 5.75 Å². The molecule has 2 aromatic rings. The number of hydrogen-bond donors (Lipinski definition) is 1. The van der Waals surface area contributed by atoms with Gasteiger partial charge in [-0.3, -0.25) is 4.79 Å². The molecule has 6 nitrogen and oxygen atoms in total. The quantitative estimate of drug-likeness (QED) is 0.601. The van der Waals surface area contributed by atoms with Gasteiger partial charge in [-0.25, -0.2) is 8.42 Å². The molecule has 0 bridgehead atoms. The molecule has 2 aromatic carbocycles. The summed E-state index contributed by atoms with van der Waals surface area (Å²) >= 11 is 0. The van der Waals surface area contributed by atoms with E-state index in [1.165, 1.54) is 40.7 Å². The average molecular weight is 444 g/mol. The normalized spacial score (nSPS) is 12.1. The molecule has 0 radical (unpaired) electrons. The van der Waals surface area contributed by atoms with Crippen molar-refractivity contribution in [2.24, 2.45) is 0 Å². The molecule has 30 heavy (non-hydrogen) atoms. The molecule has 1 N–H and O–H groups in total. The fourth-order valence-corrected chi connectivity index (χ4v) is 4.19. The van der Waals surface area contributed by atoms with Gasteiger partial charge in [-0.05, 0) is 42.5 Å². The molecular formula is C20H23F3N2O4S. The molecule has 0 unspecified atom stereocenters. The SMILES string of the molecule is CCN(CC)S(=O)(=O)c1cccc(C(=O)NCCOc2ccc(C(F)(F)F)cc2)c1. The minimum atomic E-state index is -4.42. The number of nitrogens with zero attached hydrogens (tertiary/aromatic N) is 1. The molecule has 0 atom stereocenters. The first-order chi connectivity index (χ1) is 14.1. The van der Waals surface area contributed by atoms with E-state index in [-0.39, 0.29) is 29.4 Å². The van der Waals surface area contributed by atoms with E-state index in [4.69, 9.17) is 4.74 Å². The summed E-state index contributed by atoms with van der Waals surface area (Å²) in [5.41, 5.74) is -0.597. The van der Waals surface area contributed by atoms with Crippen LogP contribution in [0.4, 0.5) is 13.2 Å². The third-order valence-corrected chi connectivity index (χ3v) is 6.32. The summed E-state index contributed by atoms with van der Waals surface area (Å²) in [5.74, 6) is -0.243. The highest BCUT2D eigenvalue weighted by molar-refractivity contribution is 7.89. The first-order valence-corrected chi connectivity index (χ1v) is 10.7. The summed E-state index contributed by atoms with van der Waals surface area (Å²) in [6, 6.07) is 9.94. The smallest absolute Gasteiger partial charge is 0.416 e. The van der Waals surface area contributed by atoms with Crippen molar-refractivity contribution in [3.63, 3.8) is 0 Å². The summed E-state index contributed by atoms with van der Waals surface area (Å²) in [7, 11) is -3.68. The van der Waals surface area contributed by atoms with E-state index in [9.17, 15) is 26.4 Å². The highest BCUT2D eigenvalue weighted by atomic mass is 32.2. The number of amides is 1. The molecular weight excluding hydrogens is 421 g/mol. The number of benzene rings is 2. The van der Waals surface area contributed by atoms with Crippen LogP contribution in [0, 0.1) is 0 Å². The van der Waals surface area contributed by atoms with Crippen LogP contribution in [0.2, 0.25) is 0 Å². The van der Waals surface area contributed by atoms with Crippen LogP contribution >= 0.6 is 0 Å². The van der Waals surface area contributed by atoms with E-state index in [0.29, 0.717) is 13.1 Å². The van der Waals surface area contributed by atoms with Gasteiger partial charge in [-0.15, -0.1) is 0 Å². The molecule has 0 fully saturated rings. The zero-order valence-corrected chi connectivity index (χ0v) is 17.4. The van der Waals surface area contributed by atoms with Crippen molar-refractivity contribution in [2.45, 2.75) is 24.9 Å². The van der Waals surface area contributed by atoms with Crippen LogP contribution in [0.15, 0.2) is 53.4 Å². The summed E-state index contributed by atoms with van der Waals surface area (Å²) in [6.45, 7) is 4.22. The molecule has 0 saturated carbocycles. The fraction of sp³-hybridized carbons (Fsp3) is 0.350.